The van der Waals surface area contributed by atoms with Crippen LogP contribution in [0.3, 0.4) is 0 Å². The van der Waals surface area contributed by atoms with Crippen LogP contribution in [0.5, 0.6) is 0 Å². The third-order valence-corrected chi connectivity index (χ3v) is 2.31. The van der Waals surface area contributed by atoms with Gasteiger partial charge < -0.3 is 11.1 Å². The molecule has 1 aromatic carbocycles. The molecule has 1 atom stereocenters. The number of nitrogens with two attached hydrogens (primary N) is 1. The summed E-state index contributed by atoms with van der Waals surface area (Å²) in [6, 6.07) is 5.59. The summed E-state index contributed by atoms with van der Waals surface area (Å²) < 4.78 is 13.0. The van der Waals surface area contributed by atoms with E-state index < -0.39 is 5.82 Å². The van der Waals surface area contributed by atoms with Gasteiger partial charge >= 0.3 is 0 Å². The molecule has 0 bridgehead atoms. The first-order chi connectivity index (χ1) is 8.06. The molecule has 1 rings (SSSR count). The predicted molar refractivity (Wildman–Crippen MR) is 62.6 cm³/mol. The van der Waals surface area contributed by atoms with Gasteiger partial charge in [0.2, 0.25) is 5.91 Å². The van der Waals surface area contributed by atoms with Crippen molar-refractivity contribution in [1.82, 2.24) is 0 Å². The molecule has 5 heteroatoms. The van der Waals surface area contributed by atoms with E-state index in [0.717, 1.165) is 6.07 Å². The van der Waals surface area contributed by atoms with Crippen molar-refractivity contribution < 1.29 is 9.18 Å². The number of carbonyl (C=O) groups excluding carboxylic acids is 1. The maximum atomic E-state index is 13.0. The third-order valence-electron chi connectivity index (χ3n) is 2.31. The predicted octanol–water partition coefficient (Wildman–Crippen LogP) is 1.62. The van der Waals surface area contributed by atoms with Crippen molar-refractivity contribution in [3.05, 3.63) is 29.6 Å². The summed E-state index contributed by atoms with van der Waals surface area (Å²) in [7, 11) is 0. The summed E-state index contributed by atoms with van der Waals surface area (Å²) in [5.41, 5.74) is 5.73. The molecular formula is C12H14FN3O. The average Bonchev–Trinajstić information content (AvgIpc) is 2.31. The van der Waals surface area contributed by atoms with Gasteiger partial charge in [0.25, 0.3) is 0 Å². The molecule has 0 saturated heterocycles. The highest BCUT2D eigenvalue weighted by atomic mass is 19.1. The van der Waals surface area contributed by atoms with Crippen LogP contribution in [0.1, 0.15) is 18.9 Å². The number of nitrogens with one attached hydrogen (secondary N) is 1. The molecule has 0 heterocycles. The first-order valence-corrected chi connectivity index (χ1v) is 5.26. The molecule has 0 radical (unpaired) electrons. The number of carbonyl (C=O) groups is 1. The molecule has 0 aliphatic rings. The Morgan fingerprint density at radius 1 is 1.65 bits per heavy atom. The van der Waals surface area contributed by atoms with Gasteiger partial charge in [-0.3, -0.25) is 4.79 Å². The summed E-state index contributed by atoms with van der Waals surface area (Å²) in [5, 5.41) is 11.2. The fourth-order valence-corrected chi connectivity index (χ4v) is 1.30. The van der Waals surface area contributed by atoms with Gasteiger partial charge in [0.05, 0.1) is 5.56 Å². The number of nitrogens with zero attached hydrogens (tertiary/aromatic N) is 1. The Kier molecular flexibility index (Phi) is 4.61. The topological polar surface area (TPSA) is 78.9 Å². The molecule has 1 aromatic rings. The lowest BCUT2D eigenvalue weighted by molar-refractivity contribution is -0.116. The van der Waals surface area contributed by atoms with E-state index >= 15 is 0 Å². The van der Waals surface area contributed by atoms with Crippen LogP contribution in [0.15, 0.2) is 18.2 Å². The molecule has 1 unspecified atom stereocenters. The Morgan fingerprint density at radius 3 is 2.94 bits per heavy atom. The summed E-state index contributed by atoms with van der Waals surface area (Å²) in [6.07, 6.45) is 0.301. The zero-order valence-corrected chi connectivity index (χ0v) is 9.53. The van der Waals surface area contributed by atoms with Crippen LogP contribution >= 0.6 is 0 Å². The standard InChI is InChI=1S/C12H14FN3O/c1-8(6-14)4-12(17)16-10-2-3-11(13)9(5-10)7-15/h2-3,5,8H,4,6,14H2,1H3,(H,16,17). The van der Waals surface area contributed by atoms with Gasteiger partial charge in [0.15, 0.2) is 0 Å². The van der Waals surface area contributed by atoms with Crippen LogP contribution in [0.4, 0.5) is 10.1 Å². The molecule has 90 valence electrons. The number of hydrogen-bond donors (Lipinski definition) is 2. The van der Waals surface area contributed by atoms with Crippen LogP contribution in [-0.4, -0.2) is 12.5 Å². The summed E-state index contributed by atoms with van der Waals surface area (Å²) in [4.78, 5) is 11.5. The fraction of sp³-hybridized carbons (Fsp3) is 0.333. The van der Waals surface area contributed by atoms with E-state index in [-0.39, 0.29) is 17.4 Å². The minimum absolute atomic E-state index is 0.0883. The summed E-state index contributed by atoms with van der Waals surface area (Å²) >= 11 is 0. The number of nitriles is 1. The van der Waals surface area contributed by atoms with Crippen LogP contribution in [0, 0.1) is 23.1 Å². The smallest absolute Gasteiger partial charge is 0.224 e. The molecule has 0 fully saturated rings. The highest BCUT2D eigenvalue weighted by molar-refractivity contribution is 5.91. The van der Waals surface area contributed by atoms with E-state index in [4.69, 9.17) is 11.0 Å². The molecule has 1 amide bonds. The molecule has 0 spiro atoms. The number of rotatable bonds is 4. The van der Waals surface area contributed by atoms with E-state index in [1.807, 2.05) is 6.92 Å². The molecular weight excluding hydrogens is 221 g/mol. The van der Waals surface area contributed by atoms with Crippen molar-refractivity contribution in [1.29, 1.82) is 5.26 Å². The lowest BCUT2D eigenvalue weighted by Gasteiger charge is -2.09. The highest BCUT2D eigenvalue weighted by Gasteiger charge is 2.09. The molecule has 0 aromatic heterocycles. The Labute approximate surface area is 99.2 Å². The van der Waals surface area contributed by atoms with Gasteiger partial charge in [-0.05, 0) is 30.7 Å². The lowest BCUT2D eigenvalue weighted by atomic mass is 10.1. The van der Waals surface area contributed by atoms with Gasteiger partial charge in [0.1, 0.15) is 11.9 Å². The minimum atomic E-state index is -0.596. The van der Waals surface area contributed by atoms with Crippen molar-refractivity contribution in [2.45, 2.75) is 13.3 Å². The Hall–Kier alpha value is -1.93. The lowest BCUT2D eigenvalue weighted by Crippen LogP contribution is -2.20. The van der Waals surface area contributed by atoms with Crippen molar-refractivity contribution in [3.63, 3.8) is 0 Å². The molecule has 0 aliphatic carbocycles. The van der Waals surface area contributed by atoms with Crippen molar-refractivity contribution >= 4 is 11.6 Å². The van der Waals surface area contributed by atoms with Gasteiger partial charge in [0, 0.05) is 12.1 Å². The molecule has 17 heavy (non-hydrogen) atoms. The number of hydrogen-bond acceptors (Lipinski definition) is 3. The van der Waals surface area contributed by atoms with Gasteiger partial charge in [-0.25, -0.2) is 4.39 Å². The zero-order valence-electron chi connectivity index (χ0n) is 9.53. The fourth-order valence-electron chi connectivity index (χ4n) is 1.30. The number of benzene rings is 1. The monoisotopic (exact) mass is 235 g/mol. The number of anilines is 1. The van der Waals surface area contributed by atoms with Crippen LogP contribution in [0.25, 0.3) is 0 Å². The van der Waals surface area contributed by atoms with Crippen molar-refractivity contribution in [2.24, 2.45) is 11.7 Å². The first kappa shape index (κ1) is 13.1. The largest absolute Gasteiger partial charge is 0.330 e. The van der Waals surface area contributed by atoms with E-state index in [9.17, 15) is 9.18 Å². The number of halogens is 1. The number of amides is 1. The Balaban J connectivity index is 2.69. The molecule has 0 saturated carbocycles. The van der Waals surface area contributed by atoms with Crippen LogP contribution < -0.4 is 11.1 Å². The van der Waals surface area contributed by atoms with Crippen LogP contribution in [0.2, 0.25) is 0 Å². The summed E-state index contributed by atoms with van der Waals surface area (Å²) in [5.74, 6) is -0.704. The second-order valence-electron chi connectivity index (χ2n) is 3.90. The Bertz CT molecular complexity index is 454. The van der Waals surface area contributed by atoms with Crippen molar-refractivity contribution in [2.75, 3.05) is 11.9 Å². The zero-order chi connectivity index (χ0) is 12.8. The second kappa shape index (κ2) is 5.97. The molecule has 4 nitrogen and oxygen atoms in total. The minimum Gasteiger partial charge on any atom is -0.330 e. The first-order valence-electron chi connectivity index (χ1n) is 5.26. The molecule has 0 aliphatic heterocycles. The summed E-state index contributed by atoms with van der Waals surface area (Å²) in [6.45, 7) is 2.30. The Morgan fingerprint density at radius 2 is 2.35 bits per heavy atom. The van der Waals surface area contributed by atoms with Gasteiger partial charge in [-0.15, -0.1) is 0 Å². The third kappa shape index (κ3) is 3.85. The highest BCUT2D eigenvalue weighted by Crippen LogP contribution is 2.14. The maximum absolute atomic E-state index is 13.0. The van der Waals surface area contributed by atoms with E-state index in [1.54, 1.807) is 6.07 Å². The van der Waals surface area contributed by atoms with E-state index in [1.165, 1.54) is 12.1 Å². The van der Waals surface area contributed by atoms with Gasteiger partial charge in [-0.1, -0.05) is 6.92 Å². The van der Waals surface area contributed by atoms with E-state index in [0.29, 0.717) is 18.7 Å². The van der Waals surface area contributed by atoms with E-state index in [2.05, 4.69) is 5.32 Å². The molecule has 3 N–H and O–H groups in total. The van der Waals surface area contributed by atoms with Crippen molar-refractivity contribution in [3.8, 4) is 6.07 Å². The van der Waals surface area contributed by atoms with Crippen LogP contribution in [-0.2, 0) is 4.79 Å². The quantitative estimate of drug-likeness (QED) is 0.832. The second-order valence-corrected chi connectivity index (χ2v) is 3.90. The van der Waals surface area contributed by atoms with Gasteiger partial charge in [-0.2, -0.15) is 5.26 Å². The normalized spacial score (nSPS) is 11.6. The maximum Gasteiger partial charge on any atom is 0.224 e. The SMILES string of the molecule is CC(CN)CC(=O)Nc1ccc(F)c(C#N)c1. The average molecular weight is 235 g/mol.